The van der Waals surface area contributed by atoms with Gasteiger partial charge in [-0.2, -0.15) is 0 Å². The van der Waals surface area contributed by atoms with E-state index in [4.69, 9.17) is 5.84 Å². The van der Waals surface area contributed by atoms with Crippen LogP contribution in [0.25, 0.3) is 5.65 Å². The SMILES string of the molecule is Cc1ccc(N(C)c2nc(NN)cn3ccnc23)c(C)c1. The molecule has 0 aliphatic heterocycles. The average Bonchev–Trinajstić information content (AvgIpc) is 2.93. The van der Waals surface area contributed by atoms with Crippen molar-refractivity contribution in [3.05, 3.63) is 47.9 Å². The van der Waals surface area contributed by atoms with E-state index < -0.39 is 0 Å². The minimum Gasteiger partial charge on any atom is -0.326 e. The normalized spacial score (nSPS) is 10.9. The lowest BCUT2D eigenvalue weighted by molar-refractivity contribution is 1.05. The number of hydrogen-bond donors (Lipinski definition) is 2. The number of nitrogens with one attached hydrogen (secondary N) is 1. The highest BCUT2D eigenvalue weighted by Crippen LogP contribution is 2.29. The Morgan fingerprint density at radius 3 is 2.81 bits per heavy atom. The molecule has 0 fully saturated rings. The molecule has 0 spiro atoms. The fourth-order valence-electron chi connectivity index (χ4n) is 2.51. The van der Waals surface area contributed by atoms with E-state index in [2.05, 4.69) is 47.4 Å². The number of fused-ring (bicyclic) bond motifs is 1. The molecule has 2 aromatic heterocycles. The Morgan fingerprint density at radius 2 is 2.10 bits per heavy atom. The van der Waals surface area contributed by atoms with Gasteiger partial charge >= 0.3 is 0 Å². The van der Waals surface area contributed by atoms with E-state index >= 15 is 0 Å². The summed E-state index contributed by atoms with van der Waals surface area (Å²) >= 11 is 0. The van der Waals surface area contributed by atoms with Gasteiger partial charge < -0.3 is 14.7 Å². The second kappa shape index (κ2) is 5.06. The Balaban J connectivity index is 2.16. The standard InChI is InChI=1S/C15H18N6/c1-10-4-5-12(11(2)8-10)20(3)15-14-17-6-7-21(14)9-13(18-15)19-16/h4-9,19H,16H2,1-3H3. The molecular weight excluding hydrogens is 264 g/mol. The van der Waals surface area contributed by atoms with Crippen molar-refractivity contribution in [3.63, 3.8) is 0 Å². The highest BCUT2D eigenvalue weighted by molar-refractivity contribution is 5.74. The molecule has 6 heteroatoms. The number of nitrogens with zero attached hydrogens (tertiary/aromatic N) is 4. The van der Waals surface area contributed by atoms with Gasteiger partial charge in [-0.1, -0.05) is 17.7 Å². The van der Waals surface area contributed by atoms with Gasteiger partial charge in [0.2, 0.25) is 0 Å². The summed E-state index contributed by atoms with van der Waals surface area (Å²) < 4.78 is 1.90. The van der Waals surface area contributed by atoms with Crippen molar-refractivity contribution in [2.45, 2.75) is 13.8 Å². The zero-order valence-electron chi connectivity index (χ0n) is 12.3. The summed E-state index contributed by atoms with van der Waals surface area (Å²) in [7, 11) is 1.98. The zero-order valence-corrected chi connectivity index (χ0v) is 12.3. The molecular formula is C15H18N6. The molecule has 0 aliphatic rings. The summed E-state index contributed by atoms with van der Waals surface area (Å²) in [6.07, 6.45) is 5.43. The van der Waals surface area contributed by atoms with Crippen molar-refractivity contribution in [1.82, 2.24) is 14.4 Å². The molecule has 1 aromatic carbocycles. The number of benzene rings is 1. The maximum atomic E-state index is 5.50. The van der Waals surface area contributed by atoms with Gasteiger partial charge in [0, 0.05) is 25.1 Å². The largest absolute Gasteiger partial charge is 0.326 e. The Bertz CT molecular complexity index is 792. The minimum absolute atomic E-state index is 0.590. The number of nitrogen functional groups attached to an aromatic ring is 1. The first-order valence-electron chi connectivity index (χ1n) is 6.71. The van der Waals surface area contributed by atoms with Gasteiger partial charge in [0.1, 0.15) is 0 Å². The summed E-state index contributed by atoms with van der Waals surface area (Å²) in [6.45, 7) is 4.17. The van der Waals surface area contributed by atoms with Crippen LogP contribution in [0.2, 0.25) is 0 Å². The third kappa shape index (κ3) is 2.30. The molecule has 0 amide bonds. The lowest BCUT2D eigenvalue weighted by atomic mass is 10.1. The molecule has 3 N–H and O–H groups in total. The quantitative estimate of drug-likeness (QED) is 0.570. The van der Waals surface area contributed by atoms with Crippen LogP contribution in [-0.4, -0.2) is 21.4 Å². The molecule has 0 bridgehead atoms. The second-order valence-corrected chi connectivity index (χ2v) is 5.10. The van der Waals surface area contributed by atoms with E-state index in [1.54, 1.807) is 6.20 Å². The number of anilines is 3. The van der Waals surface area contributed by atoms with Crippen LogP contribution in [-0.2, 0) is 0 Å². The van der Waals surface area contributed by atoms with Gasteiger partial charge in [-0.25, -0.2) is 15.8 Å². The monoisotopic (exact) mass is 282 g/mol. The van der Waals surface area contributed by atoms with Crippen LogP contribution in [0.1, 0.15) is 11.1 Å². The molecule has 3 aromatic rings. The highest BCUT2D eigenvalue weighted by atomic mass is 15.3. The number of rotatable bonds is 3. The van der Waals surface area contributed by atoms with Crippen molar-refractivity contribution in [1.29, 1.82) is 0 Å². The fraction of sp³-hybridized carbons (Fsp3) is 0.200. The van der Waals surface area contributed by atoms with E-state index in [9.17, 15) is 0 Å². The van der Waals surface area contributed by atoms with E-state index in [1.807, 2.05) is 28.7 Å². The number of imidazole rings is 1. The summed E-state index contributed by atoms with van der Waals surface area (Å²) in [5, 5.41) is 0. The number of aromatic nitrogens is 3. The zero-order chi connectivity index (χ0) is 15.0. The Kier molecular flexibility index (Phi) is 3.23. The van der Waals surface area contributed by atoms with Crippen molar-refractivity contribution < 1.29 is 0 Å². The Hall–Kier alpha value is -2.60. The molecule has 0 atom stereocenters. The number of hydrogen-bond acceptors (Lipinski definition) is 5. The van der Waals surface area contributed by atoms with Crippen LogP contribution in [0.3, 0.4) is 0 Å². The predicted octanol–water partition coefficient (Wildman–Crippen LogP) is 2.40. The maximum Gasteiger partial charge on any atom is 0.180 e. The van der Waals surface area contributed by atoms with Crippen LogP contribution >= 0.6 is 0 Å². The topological polar surface area (TPSA) is 71.5 Å². The van der Waals surface area contributed by atoms with Gasteiger partial charge in [0.05, 0.1) is 6.20 Å². The first kappa shape index (κ1) is 13.4. The van der Waals surface area contributed by atoms with Crippen LogP contribution in [0, 0.1) is 13.8 Å². The first-order valence-corrected chi connectivity index (χ1v) is 6.71. The average molecular weight is 282 g/mol. The molecule has 0 saturated carbocycles. The van der Waals surface area contributed by atoms with Gasteiger partial charge in [0.25, 0.3) is 0 Å². The number of aryl methyl sites for hydroxylation is 2. The third-order valence-electron chi connectivity index (χ3n) is 3.54. The number of hydrazine groups is 1. The summed E-state index contributed by atoms with van der Waals surface area (Å²) in [5.74, 6) is 6.84. The Morgan fingerprint density at radius 1 is 1.29 bits per heavy atom. The third-order valence-corrected chi connectivity index (χ3v) is 3.54. The van der Waals surface area contributed by atoms with E-state index in [1.165, 1.54) is 11.1 Å². The predicted molar refractivity (Wildman–Crippen MR) is 84.8 cm³/mol. The molecule has 6 nitrogen and oxygen atoms in total. The van der Waals surface area contributed by atoms with Gasteiger partial charge in [-0.15, -0.1) is 0 Å². The van der Waals surface area contributed by atoms with Crippen molar-refractivity contribution in [2.24, 2.45) is 5.84 Å². The summed E-state index contributed by atoms with van der Waals surface area (Å²) in [4.78, 5) is 10.9. The summed E-state index contributed by atoms with van der Waals surface area (Å²) in [6, 6.07) is 6.33. The lowest BCUT2D eigenvalue weighted by Crippen LogP contribution is -2.17. The van der Waals surface area contributed by atoms with Crippen LogP contribution in [0.15, 0.2) is 36.8 Å². The maximum absolute atomic E-state index is 5.50. The Labute approximate surface area is 123 Å². The first-order chi connectivity index (χ1) is 10.1. The molecule has 0 aliphatic carbocycles. The van der Waals surface area contributed by atoms with E-state index in [0.29, 0.717) is 5.82 Å². The molecule has 2 heterocycles. The molecule has 3 rings (SSSR count). The molecule has 108 valence electrons. The van der Waals surface area contributed by atoms with Gasteiger partial charge in [-0.05, 0) is 25.5 Å². The molecule has 0 unspecified atom stereocenters. The van der Waals surface area contributed by atoms with E-state index in [0.717, 1.165) is 17.2 Å². The second-order valence-electron chi connectivity index (χ2n) is 5.10. The molecule has 0 radical (unpaired) electrons. The highest BCUT2D eigenvalue weighted by Gasteiger charge is 2.14. The lowest BCUT2D eigenvalue weighted by Gasteiger charge is -2.22. The van der Waals surface area contributed by atoms with E-state index in [-0.39, 0.29) is 0 Å². The van der Waals surface area contributed by atoms with Crippen molar-refractivity contribution >= 4 is 23.0 Å². The summed E-state index contributed by atoms with van der Waals surface area (Å²) in [5.41, 5.74) is 6.90. The minimum atomic E-state index is 0.590. The van der Waals surface area contributed by atoms with Crippen LogP contribution < -0.4 is 16.2 Å². The number of nitrogens with two attached hydrogens (primary N) is 1. The smallest absolute Gasteiger partial charge is 0.180 e. The van der Waals surface area contributed by atoms with Crippen molar-refractivity contribution in [3.8, 4) is 0 Å². The van der Waals surface area contributed by atoms with Crippen LogP contribution in [0.5, 0.6) is 0 Å². The van der Waals surface area contributed by atoms with Gasteiger partial charge in [0.15, 0.2) is 17.3 Å². The fourth-order valence-corrected chi connectivity index (χ4v) is 2.51. The molecule has 21 heavy (non-hydrogen) atoms. The molecule has 0 saturated heterocycles. The van der Waals surface area contributed by atoms with Crippen molar-refractivity contribution in [2.75, 3.05) is 17.4 Å². The van der Waals surface area contributed by atoms with Crippen LogP contribution in [0.4, 0.5) is 17.3 Å². The van der Waals surface area contributed by atoms with Gasteiger partial charge in [-0.3, -0.25) is 0 Å².